The van der Waals surface area contributed by atoms with E-state index in [1.165, 1.54) is 16.7 Å². The third-order valence-corrected chi connectivity index (χ3v) is 5.09. The van der Waals surface area contributed by atoms with E-state index in [4.69, 9.17) is 9.47 Å². The summed E-state index contributed by atoms with van der Waals surface area (Å²) >= 11 is 1.72. The van der Waals surface area contributed by atoms with Crippen LogP contribution in [0.1, 0.15) is 23.4 Å². The van der Waals surface area contributed by atoms with Gasteiger partial charge in [0.25, 0.3) is 12.2 Å². The minimum Gasteiger partial charge on any atom is -0.458 e. The van der Waals surface area contributed by atoms with Gasteiger partial charge in [-0.15, -0.1) is 11.3 Å². The van der Waals surface area contributed by atoms with Crippen molar-refractivity contribution >= 4 is 23.2 Å². The van der Waals surface area contributed by atoms with Gasteiger partial charge in [0.05, 0.1) is 17.9 Å². The van der Waals surface area contributed by atoms with Gasteiger partial charge < -0.3 is 14.8 Å². The Labute approximate surface area is 125 Å². The summed E-state index contributed by atoms with van der Waals surface area (Å²) in [6, 6.07) is 2.12. The topological polar surface area (TPSA) is 64.6 Å². The number of carbonyl (C=O) groups excluding carboxylic acids is 2. The fourth-order valence-corrected chi connectivity index (χ4v) is 4.03. The van der Waals surface area contributed by atoms with Gasteiger partial charge in [-0.3, -0.25) is 4.79 Å². The molecule has 0 saturated carbocycles. The highest BCUT2D eigenvalue weighted by molar-refractivity contribution is 7.10. The van der Waals surface area contributed by atoms with Crippen LogP contribution in [0.4, 0.5) is 0 Å². The fourth-order valence-electron chi connectivity index (χ4n) is 3.04. The lowest BCUT2D eigenvalue weighted by Crippen LogP contribution is -2.18. The van der Waals surface area contributed by atoms with Crippen LogP contribution >= 0.6 is 11.3 Å². The summed E-state index contributed by atoms with van der Waals surface area (Å²) in [5.41, 5.74) is 2.36. The predicted octanol–water partition coefficient (Wildman–Crippen LogP) is 1.82. The van der Waals surface area contributed by atoms with Gasteiger partial charge in [-0.25, -0.2) is 4.79 Å². The molecular weight excluding hydrogens is 290 g/mol. The first-order valence-electron chi connectivity index (χ1n) is 6.75. The largest absolute Gasteiger partial charge is 0.458 e. The number of esters is 1. The van der Waals surface area contributed by atoms with Crippen LogP contribution in [0.25, 0.3) is 0 Å². The molecule has 1 fully saturated rings. The number of nitrogens with one attached hydrogen (secondary N) is 1. The van der Waals surface area contributed by atoms with E-state index in [0.717, 1.165) is 6.42 Å². The Morgan fingerprint density at radius 1 is 1.48 bits per heavy atom. The van der Waals surface area contributed by atoms with Crippen molar-refractivity contribution in [1.29, 1.82) is 0 Å². The number of hydrogen-bond acceptors (Lipinski definition) is 5. The standard InChI is InChI=1S/C15H13NO4S/c1-7-4-12(20-15(7)18)19-6-10-9-5-11-8(2-3-21-11)13(9)16-14(10)17/h2-4,6,9,12-13H,5H2,1H3,(H,16,17)/b10-6+/t9-,12+,13-/m1/s1. The molecule has 0 spiro atoms. The third kappa shape index (κ3) is 1.90. The summed E-state index contributed by atoms with van der Waals surface area (Å²) < 4.78 is 10.4. The zero-order valence-electron chi connectivity index (χ0n) is 11.3. The maximum atomic E-state index is 12.1. The molecule has 1 saturated heterocycles. The average Bonchev–Trinajstić information content (AvgIpc) is 3.13. The van der Waals surface area contributed by atoms with E-state index in [-0.39, 0.29) is 23.8 Å². The zero-order chi connectivity index (χ0) is 14.6. The summed E-state index contributed by atoms with van der Waals surface area (Å²) in [7, 11) is 0. The van der Waals surface area contributed by atoms with Crippen LogP contribution in [-0.4, -0.2) is 18.2 Å². The molecule has 0 unspecified atom stereocenters. The van der Waals surface area contributed by atoms with Crippen LogP contribution in [-0.2, 0) is 25.5 Å². The summed E-state index contributed by atoms with van der Waals surface area (Å²) in [4.78, 5) is 24.7. The lowest BCUT2D eigenvalue weighted by Gasteiger charge is -2.11. The summed E-state index contributed by atoms with van der Waals surface area (Å²) in [6.07, 6.45) is 3.18. The zero-order valence-corrected chi connectivity index (χ0v) is 12.1. The second kappa shape index (κ2) is 4.46. The molecule has 1 aromatic heterocycles. The van der Waals surface area contributed by atoms with Crippen LogP contribution in [0, 0.1) is 5.92 Å². The lowest BCUT2D eigenvalue weighted by molar-refractivity contribution is -0.152. The van der Waals surface area contributed by atoms with E-state index >= 15 is 0 Å². The fraction of sp³-hybridized carbons (Fsp3) is 0.333. The Balaban J connectivity index is 1.54. The van der Waals surface area contributed by atoms with Crippen LogP contribution in [0.2, 0.25) is 0 Å². The molecule has 1 N–H and O–H groups in total. The molecule has 2 aliphatic heterocycles. The van der Waals surface area contributed by atoms with E-state index in [2.05, 4.69) is 16.8 Å². The highest BCUT2D eigenvalue weighted by Gasteiger charge is 2.44. The lowest BCUT2D eigenvalue weighted by atomic mass is 9.98. The van der Waals surface area contributed by atoms with Gasteiger partial charge in [-0.2, -0.15) is 0 Å². The Kier molecular flexibility index (Phi) is 2.68. The van der Waals surface area contributed by atoms with Crippen molar-refractivity contribution in [3.8, 4) is 0 Å². The van der Waals surface area contributed by atoms with Crippen molar-refractivity contribution in [3.63, 3.8) is 0 Å². The molecule has 5 nitrogen and oxygen atoms in total. The van der Waals surface area contributed by atoms with Crippen molar-refractivity contribution in [2.75, 3.05) is 0 Å². The van der Waals surface area contributed by atoms with Crippen molar-refractivity contribution in [3.05, 3.63) is 45.4 Å². The molecule has 6 heteroatoms. The van der Waals surface area contributed by atoms with E-state index in [9.17, 15) is 9.59 Å². The molecule has 21 heavy (non-hydrogen) atoms. The molecule has 0 radical (unpaired) electrons. The first-order valence-corrected chi connectivity index (χ1v) is 7.63. The molecule has 0 aromatic carbocycles. The number of carbonyl (C=O) groups is 2. The van der Waals surface area contributed by atoms with Crippen LogP contribution in [0.3, 0.4) is 0 Å². The summed E-state index contributed by atoms with van der Waals surface area (Å²) in [5, 5.41) is 5.05. The second-order valence-electron chi connectivity index (χ2n) is 5.39. The number of ether oxygens (including phenoxy) is 2. The van der Waals surface area contributed by atoms with E-state index < -0.39 is 6.29 Å². The Morgan fingerprint density at radius 2 is 2.33 bits per heavy atom. The Hall–Kier alpha value is -2.08. The molecule has 3 heterocycles. The van der Waals surface area contributed by atoms with E-state index in [0.29, 0.717) is 11.1 Å². The van der Waals surface area contributed by atoms with Crippen molar-refractivity contribution in [1.82, 2.24) is 5.32 Å². The molecule has 0 bridgehead atoms. The Morgan fingerprint density at radius 3 is 3.10 bits per heavy atom. The Bertz CT molecular complexity index is 702. The number of amides is 1. The molecule has 1 aliphatic carbocycles. The molecule has 1 aromatic rings. The number of hydrogen-bond donors (Lipinski definition) is 1. The maximum absolute atomic E-state index is 12.1. The van der Waals surface area contributed by atoms with Crippen molar-refractivity contribution < 1.29 is 19.1 Å². The molecule has 108 valence electrons. The minimum atomic E-state index is -0.729. The second-order valence-corrected chi connectivity index (χ2v) is 6.39. The summed E-state index contributed by atoms with van der Waals surface area (Å²) in [5.74, 6) is -0.371. The third-order valence-electron chi connectivity index (χ3n) is 4.13. The quantitative estimate of drug-likeness (QED) is 0.514. The number of fused-ring (bicyclic) bond motifs is 3. The van der Waals surface area contributed by atoms with E-state index in [1.807, 2.05) is 0 Å². The predicted molar refractivity (Wildman–Crippen MR) is 75.2 cm³/mol. The number of thiophene rings is 1. The van der Waals surface area contributed by atoms with Gasteiger partial charge in [0.15, 0.2) is 0 Å². The van der Waals surface area contributed by atoms with Crippen molar-refractivity contribution in [2.24, 2.45) is 5.92 Å². The van der Waals surface area contributed by atoms with Gasteiger partial charge in [0, 0.05) is 22.4 Å². The SMILES string of the molecule is CC1=C[C@@H](O/C=C2/C(=O)N[C@@H]3c4ccsc4C[C@H]23)OC1=O. The number of cyclic esters (lactones) is 1. The molecule has 3 atom stereocenters. The first-order chi connectivity index (χ1) is 10.1. The average molecular weight is 303 g/mol. The minimum absolute atomic E-state index is 0.0528. The monoisotopic (exact) mass is 303 g/mol. The maximum Gasteiger partial charge on any atom is 0.336 e. The molecule has 1 amide bonds. The first kappa shape index (κ1) is 12.6. The van der Waals surface area contributed by atoms with Gasteiger partial charge >= 0.3 is 5.97 Å². The van der Waals surface area contributed by atoms with Crippen LogP contribution < -0.4 is 5.32 Å². The van der Waals surface area contributed by atoms with Gasteiger partial charge in [-0.1, -0.05) is 0 Å². The van der Waals surface area contributed by atoms with Crippen LogP contribution in [0.15, 0.2) is 34.9 Å². The van der Waals surface area contributed by atoms with Gasteiger partial charge in [0.1, 0.15) is 0 Å². The smallest absolute Gasteiger partial charge is 0.336 e. The van der Waals surface area contributed by atoms with Crippen molar-refractivity contribution in [2.45, 2.75) is 25.7 Å². The summed E-state index contributed by atoms with van der Waals surface area (Å²) in [6.45, 7) is 1.67. The molecule has 3 aliphatic rings. The highest BCUT2D eigenvalue weighted by Crippen LogP contribution is 2.46. The highest BCUT2D eigenvalue weighted by atomic mass is 32.1. The number of rotatable bonds is 2. The normalized spacial score (nSPS) is 31.8. The van der Waals surface area contributed by atoms with E-state index in [1.54, 1.807) is 24.3 Å². The van der Waals surface area contributed by atoms with Gasteiger partial charge in [0.2, 0.25) is 0 Å². The van der Waals surface area contributed by atoms with Gasteiger partial charge in [-0.05, 0) is 30.4 Å². The van der Waals surface area contributed by atoms with Crippen LogP contribution in [0.5, 0.6) is 0 Å². The molecule has 4 rings (SSSR count). The molecular formula is C15H13NO4S.